The maximum absolute atomic E-state index is 5.78. The Morgan fingerprint density at radius 1 is 1.40 bits per heavy atom. The third-order valence-corrected chi connectivity index (χ3v) is 3.66. The van der Waals surface area contributed by atoms with Crippen LogP contribution in [0, 0.1) is 0 Å². The Morgan fingerprint density at radius 3 is 3.10 bits per heavy atom. The van der Waals surface area contributed by atoms with Crippen molar-refractivity contribution in [3.8, 4) is 0 Å². The number of pyridine rings is 1. The fraction of sp³-hybridized carbons (Fsp3) is 0.357. The first-order valence-corrected chi connectivity index (χ1v) is 6.80. The zero-order chi connectivity index (χ0) is 13.5. The van der Waals surface area contributed by atoms with E-state index in [1.165, 1.54) is 0 Å². The molecule has 0 amide bonds. The van der Waals surface area contributed by atoms with Crippen molar-refractivity contribution in [2.75, 3.05) is 0 Å². The van der Waals surface area contributed by atoms with Crippen molar-refractivity contribution in [2.45, 2.75) is 31.8 Å². The lowest BCUT2D eigenvalue weighted by Gasteiger charge is -1.99. The lowest BCUT2D eigenvalue weighted by Crippen LogP contribution is -2.01. The highest BCUT2D eigenvalue weighted by Crippen LogP contribution is 2.38. The lowest BCUT2D eigenvalue weighted by atomic mass is 10.2. The second kappa shape index (κ2) is 4.42. The van der Waals surface area contributed by atoms with Crippen LogP contribution in [0.4, 0.5) is 0 Å². The second-order valence-electron chi connectivity index (χ2n) is 5.18. The van der Waals surface area contributed by atoms with Crippen LogP contribution in [0.3, 0.4) is 0 Å². The summed E-state index contributed by atoms with van der Waals surface area (Å²) in [5.41, 5.74) is 7.77. The highest BCUT2D eigenvalue weighted by atomic mass is 16.5. The standard InChI is InChI=1S/C14H15N5O/c15-6-10-7-19(13-11(10)2-1-5-16-13)8-12-17-14(20-18-12)9-3-4-9/h1-2,5,7,9H,3-4,6,8,15H2. The molecule has 3 aromatic heterocycles. The van der Waals surface area contributed by atoms with Crippen LogP contribution < -0.4 is 5.73 Å². The molecule has 0 spiro atoms. The third-order valence-electron chi connectivity index (χ3n) is 3.66. The van der Waals surface area contributed by atoms with Crippen molar-refractivity contribution in [3.63, 3.8) is 0 Å². The van der Waals surface area contributed by atoms with Crippen LogP contribution >= 0.6 is 0 Å². The average molecular weight is 269 g/mol. The van der Waals surface area contributed by atoms with E-state index in [2.05, 4.69) is 15.1 Å². The first-order valence-electron chi connectivity index (χ1n) is 6.80. The van der Waals surface area contributed by atoms with Crippen LogP contribution in [0.15, 0.2) is 29.0 Å². The molecule has 102 valence electrons. The summed E-state index contributed by atoms with van der Waals surface area (Å²) in [6.45, 7) is 1.05. The van der Waals surface area contributed by atoms with Gasteiger partial charge in [0, 0.05) is 30.2 Å². The Hall–Kier alpha value is -2.21. The predicted octanol–water partition coefficient (Wildman–Crippen LogP) is 1.80. The highest BCUT2D eigenvalue weighted by molar-refractivity contribution is 5.80. The van der Waals surface area contributed by atoms with Crippen molar-refractivity contribution in [2.24, 2.45) is 5.73 Å². The molecular weight excluding hydrogens is 254 g/mol. The van der Waals surface area contributed by atoms with Gasteiger partial charge in [0.25, 0.3) is 0 Å². The summed E-state index contributed by atoms with van der Waals surface area (Å²) in [7, 11) is 0. The van der Waals surface area contributed by atoms with Gasteiger partial charge in [0.15, 0.2) is 5.82 Å². The number of aromatic nitrogens is 4. The molecule has 3 heterocycles. The summed E-state index contributed by atoms with van der Waals surface area (Å²) < 4.78 is 7.31. The molecule has 2 N–H and O–H groups in total. The molecule has 0 unspecified atom stereocenters. The molecule has 1 fully saturated rings. The molecule has 1 aliphatic carbocycles. The van der Waals surface area contributed by atoms with Crippen molar-refractivity contribution < 1.29 is 4.52 Å². The molecule has 1 saturated carbocycles. The Balaban J connectivity index is 1.70. The summed E-state index contributed by atoms with van der Waals surface area (Å²) >= 11 is 0. The number of nitrogens with two attached hydrogens (primary N) is 1. The van der Waals surface area contributed by atoms with Gasteiger partial charge in [-0.3, -0.25) is 0 Å². The molecule has 0 aliphatic heterocycles. The molecule has 6 nitrogen and oxygen atoms in total. The lowest BCUT2D eigenvalue weighted by molar-refractivity contribution is 0.373. The van der Waals surface area contributed by atoms with Gasteiger partial charge in [-0.25, -0.2) is 4.98 Å². The van der Waals surface area contributed by atoms with Gasteiger partial charge in [-0.15, -0.1) is 0 Å². The Labute approximate surface area is 115 Å². The summed E-state index contributed by atoms with van der Waals surface area (Å²) in [4.78, 5) is 8.87. The van der Waals surface area contributed by atoms with E-state index in [-0.39, 0.29) is 0 Å². The molecular formula is C14H15N5O. The molecule has 0 aromatic carbocycles. The molecule has 0 atom stereocenters. The summed E-state index contributed by atoms with van der Waals surface area (Å²) in [5, 5.41) is 5.13. The number of fused-ring (bicyclic) bond motifs is 1. The number of hydrogen-bond donors (Lipinski definition) is 1. The number of rotatable bonds is 4. The molecule has 3 aromatic rings. The van der Waals surface area contributed by atoms with Gasteiger partial charge < -0.3 is 14.8 Å². The SMILES string of the molecule is NCc1cn(Cc2noc(C3CC3)n2)c2ncccc12. The van der Waals surface area contributed by atoms with Crippen molar-refractivity contribution in [3.05, 3.63) is 41.8 Å². The van der Waals surface area contributed by atoms with Crippen molar-refractivity contribution >= 4 is 11.0 Å². The predicted molar refractivity (Wildman–Crippen MR) is 73.0 cm³/mol. The van der Waals surface area contributed by atoms with Crippen LogP contribution in [0.2, 0.25) is 0 Å². The first kappa shape index (κ1) is 11.6. The number of hydrogen-bond acceptors (Lipinski definition) is 5. The molecule has 20 heavy (non-hydrogen) atoms. The van der Waals surface area contributed by atoms with Crippen LogP contribution in [0.1, 0.15) is 36.0 Å². The van der Waals surface area contributed by atoms with Crippen LogP contribution in [0.25, 0.3) is 11.0 Å². The molecule has 6 heteroatoms. The maximum atomic E-state index is 5.78. The quantitative estimate of drug-likeness (QED) is 0.781. The smallest absolute Gasteiger partial charge is 0.229 e. The van der Waals surface area contributed by atoms with Crippen molar-refractivity contribution in [1.82, 2.24) is 19.7 Å². The summed E-state index contributed by atoms with van der Waals surface area (Å²) in [6.07, 6.45) is 6.12. The Bertz CT molecular complexity index is 756. The van der Waals surface area contributed by atoms with Crippen LogP contribution in [0.5, 0.6) is 0 Å². The van der Waals surface area contributed by atoms with Gasteiger partial charge in [-0.1, -0.05) is 5.16 Å². The van der Waals surface area contributed by atoms with Crippen molar-refractivity contribution in [1.29, 1.82) is 0 Å². The molecule has 0 saturated heterocycles. The first-order chi connectivity index (χ1) is 9.85. The monoisotopic (exact) mass is 269 g/mol. The normalized spacial score (nSPS) is 15.1. The topological polar surface area (TPSA) is 82.8 Å². The zero-order valence-electron chi connectivity index (χ0n) is 11.0. The fourth-order valence-corrected chi connectivity index (χ4v) is 2.46. The second-order valence-corrected chi connectivity index (χ2v) is 5.18. The molecule has 4 rings (SSSR count). The minimum atomic E-state index is 0.482. The molecule has 0 radical (unpaired) electrons. The van der Waals surface area contributed by atoms with Gasteiger partial charge in [0.1, 0.15) is 5.65 Å². The van der Waals surface area contributed by atoms with E-state index in [9.17, 15) is 0 Å². The van der Waals surface area contributed by atoms with Gasteiger partial charge in [0.2, 0.25) is 5.89 Å². The maximum Gasteiger partial charge on any atom is 0.229 e. The van der Waals surface area contributed by atoms with Crippen LogP contribution in [-0.2, 0) is 13.1 Å². The van der Waals surface area contributed by atoms with Gasteiger partial charge in [0.05, 0.1) is 6.54 Å². The third kappa shape index (κ3) is 1.89. The van der Waals surface area contributed by atoms with Gasteiger partial charge >= 0.3 is 0 Å². The van der Waals surface area contributed by atoms with Gasteiger partial charge in [-0.2, -0.15) is 4.98 Å². The minimum absolute atomic E-state index is 0.482. The van der Waals surface area contributed by atoms with E-state index in [0.717, 1.165) is 35.3 Å². The zero-order valence-corrected chi connectivity index (χ0v) is 11.0. The highest BCUT2D eigenvalue weighted by Gasteiger charge is 2.29. The number of nitrogens with zero attached hydrogens (tertiary/aromatic N) is 4. The minimum Gasteiger partial charge on any atom is -0.339 e. The Morgan fingerprint density at radius 2 is 2.30 bits per heavy atom. The van der Waals surface area contributed by atoms with E-state index in [1.54, 1.807) is 6.20 Å². The van der Waals surface area contributed by atoms with E-state index >= 15 is 0 Å². The van der Waals surface area contributed by atoms with E-state index < -0.39 is 0 Å². The van der Waals surface area contributed by atoms with Gasteiger partial charge in [-0.05, 0) is 30.5 Å². The largest absolute Gasteiger partial charge is 0.339 e. The van der Waals surface area contributed by atoms with E-state index in [0.29, 0.717) is 24.8 Å². The Kier molecular flexibility index (Phi) is 2.56. The van der Waals surface area contributed by atoms with E-state index in [1.807, 2.05) is 22.9 Å². The summed E-state index contributed by atoms with van der Waals surface area (Å²) in [5.74, 6) is 1.94. The fourth-order valence-electron chi connectivity index (χ4n) is 2.46. The molecule has 0 bridgehead atoms. The van der Waals surface area contributed by atoms with Crippen LogP contribution in [-0.4, -0.2) is 19.7 Å². The molecule has 1 aliphatic rings. The average Bonchev–Trinajstić information content (AvgIpc) is 3.13. The van der Waals surface area contributed by atoms with E-state index in [4.69, 9.17) is 10.3 Å². The summed E-state index contributed by atoms with van der Waals surface area (Å²) in [6, 6.07) is 3.96.